The molecule has 0 radical (unpaired) electrons. The number of rotatable bonds is 3. The molecule has 23 heavy (non-hydrogen) atoms. The number of hydrogen-bond acceptors (Lipinski definition) is 3. The van der Waals surface area contributed by atoms with Gasteiger partial charge in [0.2, 0.25) is 0 Å². The van der Waals surface area contributed by atoms with E-state index in [1.54, 1.807) is 35.9 Å². The molecule has 0 bridgehead atoms. The zero-order valence-corrected chi connectivity index (χ0v) is 15.0. The normalized spacial score (nSPS) is 15.9. The number of hydrogen-bond donors (Lipinski definition) is 0. The molecular formula is C18H23N3OS. The zero-order valence-electron chi connectivity index (χ0n) is 14.2. The van der Waals surface area contributed by atoms with Crippen molar-refractivity contribution in [3.8, 4) is 0 Å². The summed E-state index contributed by atoms with van der Waals surface area (Å²) >= 11 is 1.64. The van der Waals surface area contributed by atoms with E-state index in [9.17, 15) is 4.79 Å². The van der Waals surface area contributed by atoms with Gasteiger partial charge in [-0.1, -0.05) is 20.8 Å². The molecule has 1 saturated carbocycles. The summed E-state index contributed by atoms with van der Waals surface area (Å²) in [5, 5.41) is 0. The first-order valence-electron chi connectivity index (χ1n) is 8.06. The van der Waals surface area contributed by atoms with Crippen molar-refractivity contribution in [1.82, 2.24) is 9.55 Å². The van der Waals surface area contributed by atoms with E-state index < -0.39 is 0 Å². The number of amides is 1. The molecule has 0 unspecified atom stereocenters. The molecule has 1 aliphatic carbocycles. The molecule has 0 spiro atoms. The maximum absolute atomic E-state index is 12.4. The summed E-state index contributed by atoms with van der Waals surface area (Å²) in [5.41, 5.74) is 1.84. The third-order valence-electron chi connectivity index (χ3n) is 4.08. The fourth-order valence-corrected chi connectivity index (χ4v) is 3.88. The summed E-state index contributed by atoms with van der Waals surface area (Å²) < 4.78 is 2.23. The largest absolute Gasteiger partial charge is 0.320 e. The Kier molecular flexibility index (Phi) is 4.23. The van der Waals surface area contributed by atoms with Crippen molar-refractivity contribution in [2.75, 3.05) is 0 Å². The van der Waals surface area contributed by atoms with Crippen molar-refractivity contribution in [3.63, 3.8) is 0 Å². The molecule has 1 aliphatic rings. The lowest BCUT2D eigenvalue weighted by molar-refractivity contribution is 0.0997. The van der Waals surface area contributed by atoms with Gasteiger partial charge in [0.05, 0.1) is 5.56 Å². The molecule has 3 rings (SSSR count). The second-order valence-corrected chi connectivity index (χ2v) is 8.24. The highest BCUT2D eigenvalue weighted by molar-refractivity contribution is 7.09. The highest BCUT2D eigenvalue weighted by Crippen LogP contribution is 2.33. The first-order valence-corrected chi connectivity index (χ1v) is 8.87. The Labute approximate surface area is 140 Å². The van der Waals surface area contributed by atoms with Crippen LogP contribution in [0.4, 0.5) is 0 Å². The van der Waals surface area contributed by atoms with E-state index in [4.69, 9.17) is 0 Å². The summed E-state index contributed by atoms with van der Waals surface area (Å²) in [4.78, 5) is 23.0. The van der Waals surface area contributed by atoms with Crippen molar-refractivity contribution in [1.29, 1.82) is 0 Å². The quantitative estimate of drug-likeness (QED) is 0.862. The van der Waals surface area contributed by atoms with E-state index in [0.29, 0.717) is 5.56 Å². The fourth-order valence-electron chi connectivity index (χ4n) is 2.68. The maximum Gasteiger partial charge on any atom is 0.281 e. The Morgan fingerprint density at radius 2 is 2.17 bits per heavy atom. The zero-order chi connectivity index (χ0) is 16.6. The lowest BCUT2D eigenvalue weighted by Gasteiger charge is -2.17. The maximum atomic E-state index is 12.4. The molecule has 2 aromatic heterocycles. The van der Waals surface area contributed by atoms with E-state index in [0.717, 1.165) is 17.3 Å². The Morgan fingerprint density at radius 3 is 2.74 bits per heavy atom. The van der Waals surface area contributed by atoms with E-state index in [-0.39, 0.29) is 11.3 Å². The predicted molar refractivity (Wildman–Crippen MR) is 92.6 cm³/mol. The van der Waals surface area contributed by atoms with Gasteiger partial charge in [0.1, 0.15) is 0 Å². The van der Waals surface area contributed by atoms with E-state index >= 15 is 0 Å². The van der Waals surface area contributed by atoms with Crippen LogP contribution in [0.25, 0.3) is 0 Å². The summed E-state index contributed by atoms with van der Waals surface area (Å²) in [6.45, 7) is 9.74. The molecule has 1 amide bonds. The SMILES string of the molecule is Cc1c(C(C)(C)C)sc(=NC(=O)c2cccnc2)n1CC1CC1. The summed E-state index contributed by atoms with van der Waals surface area (Å²) in [6, 6.07) is 3.52. The van der Waals surface area contributed by atoms with Crippen molar-refractivity contribution < 1.29 is 4.79 Å². The lowest BCUT2D eigenvalue weighted by atomic mass is 9.93. The number of nitrogens with zero attached hydrogens (tertiary/aromatic N) is 3. The van der Waals surface area contributed by atoms with Crippen LogP contribution in [0.1, 0.15) is 54.5 Å². The van der Waals surface area contributed by atoms with Crippen LogP contribution in [0.3, 0.4) is 0 Å². The molecule has 122 valence electrons. The van der Waals surface area contributed by atoms with Crippen LogP contribution in [0.2, 0.25) is 0 Å². The lowest BCUT2D eigenvalue weighted by Crippen LogP contribution is -2.19. The van der Waals surface area contributed by atoms with Crippen molar-refractivity contribution in [3.05, 3.63) is 45.5 Å². The van der Waals surface area contributed by atoms with E-state index in [1.807, 2.05) is 0 Å². The van der Waals surface area contributed by atoms with E-state index in [1.165, 1.54) is 23.4 Å². The number of aromatic nitrogens is 2. The molecular weight excluding hydrogens is 306 g/mol. The standard InChI is InChI=1S/C18H23N3OS/c1-12-15(18(2,3)4)23-17(21(12)11-13-7-8-13)20-16(22)14-6-5-9-19-10-14/h5-6,9-10,13H,7-8,11H2,1-4H3. The second kappa shape index (κ2) is 6.04. The predicted octanol–water partition coefficient (Wildman–Crippen LogP) is 3.70. The van der Waals surface area contributed by atoms with Gasteiger partial charge in [-0.05, 0) is 43.2 Å². The molecule has 1 fully saturated rings. The van der Waals surface area contributed by atoms with Gasteiger partial charge in [-0.3, -0.25) is 9.78 Å². The molecule has 0 saturated heterocycles. The van der Waals surface area contributed by atoms with Gasteiger partial charge >= 0.3 is 0 Å². The number of carbonyl (C=O) groups is 1. The van der Waals surface area contributed by atoms with Crippen molar-refractivity contribution >= 4 is 17.2 Å². The van der Waals surface area contributed by atoms with Crippen LogP contribution in [-0.4, -0.2) is 15.5 Å². The van der Waals surface area contributed by atoms with Crippen LogP contribution >= 0.6 is 11.3 Å². The summed E-state index contributed by atoms with van der Waals surface area (Å²) in [6.07, 6.45) is 5.80. The molecule has 0 atom stereocenters. The molecule has 0 N–H and O–H groups in total. The van der Waals surface area contributed by atoms with Crippen LogP contribution in [0.15, 0.2) is 29.5 Å². The fraction of sp³-hybridized carbons (Fsp3) is 0.500. The third kappa shape index (κ3) is 3.61. The average Bonchev–Trinajstić information content (AvgIpc) is 3.26. The van der Waals surface area contributed by atoms with Crippen molar-refractivity contribution in [2.24, 2.45) is 10.9 Å². The highest BCUT2D eigenvalue weighted by atomic mass is 32.1. The molecule has 5 heteroatoms. The number of pyridine rings is 1. The molecule has 2 heterocycles. The first kappa shape index (κ1) is 16.1. The highest BCUT2D eigenvalue weighted by Gasteiger charge is 2.27. The van der Waals surface area contributed by atoms with Gasteiger partial charge in [0.15, 0.2) is 4.80 Å². The Morgan fingerprint density at radius 1 is 1.43 bits per heavy atom. The van der Waals surface area contributed by atoms with Gasteiger partial charge in [-0.25, -0.2) is 0 Å². The summed E-state index contributed by atoms with van der Waals surface area (Å²) in [5.74, 6) is 0.521. The second-order valence-electron chi connectivity index (χ2n) is 7.26. The van der Waals surface area contributed by atoms with Crippen LogP contribution in [-0.2, 0) is 12.0 Å². The van der Waals surface area contributed by atoms with Crippen LogP contribution in [0, 0.1) is 12.8 Å². The van der Waals surface area contributed by atoms with Gasteiger partial charge < -0.3 is 4.57 Å². The minimum atomic E-state index is -0.218. The third-order valence-corrected chi connectivity index (χ3v) is 5.69. The topological polar surface area (TPSA) is 47.2 Å². The molecule has 4 nitrogen and oxygen atoms in total. The van der Waals surface area contributed by atoms with Gasteiger partial charge in [-0.2, -0.15) is 4.99 Å². The average molecular weight is 329 g/mol. The Hall–Kier alpha value is -1.75. The minimum absolute atomic E-state index is 0.0607. The van der Waals surface area contributed by atoms with Gasteiger partial charge in [0, 0.05) is 29.5 Å². The minimum Gasteiger partial charge on any atom is -0.320 e. The monoisotopic (exact) mass is 329 g/mol. The smallest absolute Gasteiger partial charge is 0.281 e. The number of carbonyl (C=O) groups excluding carboxylic acids is 1. The Bertz CT molecular complexity index is 777. The number of thiazole rings is 1. The Balaban J connectivity index is 2.06. The van der Waals surface area contributed by atoms with Crippen LogP contribution in [0.5, 0.6) is 0 Å². The molecule has 0 aromatic carbocycles. The first-order chi connectivity index (χ1) is 10.9. The molecule has 0 aliphatic heterocycles. The van der Waals surface area contributed by atoms with Crippen molar-refractivity contribution in [2.45, 2.75) is 52.5 Å². The molecule has 2 aromatic rings. The van der Waals surface area contributed by atoms with E-state index in [2.05, 4.69) is 42.2 Å². The summed E-state index contributed by atoms with van der Waals surface area (Å²) in [7, 11) is 0. The van der Waals surface area contributed by atoms with Crippen LogP contribution < -0.4 is 4.80 Å². The van der Waals surface area contributed by atoms with Gasteiger partial charge in [0.25, 0.3) is 5.91 Å². The van der Waals surface area contributed by atoms with Gasteiger partial charge in [-0.15, -0.1) is 11.3 Å².